The lowest BCUT2D eigenvalue weighted by Crippen LogP contribution is -2.23. The molecule has 0 bridgehead atoms. The Balaban J connectivity index is 2.22. The molecule has 0 saturated heterocycles. The molecule has 112 valence electrons. The van der Waals surface area contributed by atoms with Crippen molar-refractivity contribution in [2.75, 3.05) is 11.5 Å². The van der Waals surface area contributed by atoms with Gasteiger partial charge >= 0.3 is 0 Å². The lowest BCUT2D eigenvalue weighted by Gasteiger charge is -2.21. The number of nitrogen functional groups attached to an aromatic ring is 2. The van der Waals surface area contributed by atoms with E-state index in [0.29, 0.717) is 22.4 Å². The average molecular weight is 294 g/mol. The Bertz CT molecular complexity index is 794. The highest BCUT2D eigenvalue weighted by Gasteiger charge is 2.32. The molecule has 0 unspecified atom stereocenters. The number of carbonyl (C=O) groups is 2. The van der Waals surface area contributed by atoms with Gasteiger partial charge in [-0.1, -0.05) is 37.6 Å². The molecule has 0 aliphatic heterocycles. The Hall–Kier alpha value is -2.62. The number of ketones is 2. The zero-order chi connectivity index (χ0) is 15.9. The number of aryl methyl sites for hydroxylation is 1. The molecule has 0 fully saturated rings. The lowest BCUT2D eigenvalue weighted by molar-refractivity contribution is 0.0979. The van der Waals surface area contributed by atoms with Crippen molar-refractivity contribution in [2.45, 2.75) is 26.2 Å². The molecular formula is C18H18N2O2. The van der Waals surface area contributed by atoms with E-state index in [-0.39, 0.29) is 22.8 Å². The van der Waals surface area contributed by atoms with E-state index >= 15 is 0 Å². The van der Waals surface area contributed by atoms with Gasteiger partial charge in [0.05, 0.1) is 16.9 Å². The zero-order valence-electron chi connectivity index (χ0n) is 12.5. The first kappa shape index (κ1) is 14.3. The van der Waals surface area contributed by atoms with Crippen LogP contribution in [-0.2, 0) is 6.42 Å². The van der Waals surface area contributed by atoms with E-state index in [9.17, 15) is 9.59 Å². The van der Waals surface area contributed by atoms with E-state index in [1.54, 1.807) is 30.3 Å². The second-order valence-corrected chi connectivity index (χ2v) is 5.59. The maximum atomic E-state index is 12.7. The van der Waals surface area contributed by atoms with Gasteiger partial charge < -0.3 is 11.5 Å². The Morgan fingerprint density at radius 3 is 2.18 bits per heavy atom. The number of anilines is 2. The predicted molar refractivity (Wildman–Crippen MR) is 87.2 cm³/mol. The molecular weight excluding hydrogens is 276 g/mol. The van der Waals surface area contributed by atoms with Gasteiger partial charge in [0.2, 0.25) is 0 Å². The van der Waals surface area contributed by atoms with Crippen LogP contribution in [0.5, 0.6) is 0 Å². The molecule has 0 atom stereocenters. The van der Waals surface area contributed by atoms with Crippen molar-refractivity contribution in [3.05, 3.63) is 58.1 Å². The summed E-state index contributed by atoms with van der Waals surface area (Å²) in [6, 6.07) is 8.57. The predicted octanol–water partition coefficient (Wildman–Crippen LogP) is 2.97. The van der Waals surface area contributed by atoms with E-state index in [0.717, 1.165) is 24.8 Å². The van der Waals surface area contributed by atoms with Crippen LogP contribution >= 0.6 is 0 Å². The summed E-state index contributed by atoms with van der Waals surface area (Å²) in [5, 5.41) is 0. The van der Waals surface area contributed by atoms with Crippen LogP contribution in [0.3, 0.4) is 0 Å². The highest BCUT2D eigenvalue weighted by Crippen LogP contribution is 2.36. The highest BCUT2D eigenvalue weighted by atomic mass is 16.1. The Morgan fingerprint density at radius 1 is 0.909 bits per heavy atom. The lowest BCUT2D eigenvalue weighted by atomic mass is 9.81. The molecule has 1 aliphatic rings. The van der Waals surface area contributed by atoms with Gasteiger partial charge in [-0.05, 0) is 24.5 Å². The molecule has 4 heteroatoms. The van der Waals surface area contributed by atoms with Crippen LogP contribution in [0.15, 0.2) is 30.3 Å². The number of fused-ring (bicyclic) bond motifs is 2. The number of carbonyl (C=O) groups excluding carboxylic acids is 2. The third-order valence-corrected chi connectivity index (χ3v) is 4.18. The first-order valence-electron chi connectivity index (χ1n) is 7.45. The number of rotatable bonds is 3. The summed E-state index contributed by atoms with van der Waals surface area (Å²) in [5.41, 5.74) is 15.1. The molecule has 4 N–H and O–H groups in total. The van der Waals surface area contributed by atoms with E-state index < -0.39 is 0 Å². The second kappa shape index (κ2) is 5.30. The van der Waals surface area contributed by atoms with Crippen LogP contribution in [-0.4, -0.2) is 11.6 Å². The monoisotopic (exact) mass is 294 g/mol. The van der Waals surface area contributed by atoms with Gasteiger partial charge in [0.15, 0.2) is 11.6 Å². The van der Waals surface area contributed by atoms with Gasteiger partial charge in [-0.3, -0.25) is 9.59 Å². The fraction of sp³-hybridized carbons (Fsp3) is 0.222. The number of hydrogen-bond acceptors (Lipinski definition) is 4. The van der Waals surface area contributed by atoms with Gasteiger partial charge in [-0.25, -0.2) is 0 Å². The van der Waals surface area contributed by atoms with Crippen LogP contribution in [0.4, 0.5) is 11.4 Å². The molecule has 0 aromatic heterocycles. The van der Waals surface area contributed by atoms with E-state index in [2.05, 4.69) is 6.92 Å². The zero-order valence-corrected chi connectivity index (χ0v) is 12.5. The van der Waals surface area contributed by atoms with Crippen molar-refractivity contribution in [2.24, 2.45) is 0 Å². The largest absolute Gasteiger partial charge is 0.397 e. The Labute approximate surface area is 129 Å². The van der Waals surface area contributed by atoms with Crippen molar-refractivity contribution in [3.8, 4) is 0 Å². The standard InChI is InChI=1S/C18H18N2O2/c1-2-3-6-10-9-13-14(16(20)15(10)19)18(22)12-8-5-4-7-11(12)17(13)21/h4-5,7-9H,2-3,6,19-20H2,1H3. The summed E-state index contributed by atoms with van der Waals surface area (Å²) in [6.07, 6.45) is 2.73. The number of hydrogen-bond donors (Lipinski definition) is 2. The van der Waals surface area contributed by atoms with Gasteiger partial charge in [0, 0.05) is 16.7 Å². The first-order valence-corrected chi connectivity index (χ1v) is 7.45. The summed E-state index contributed by atoms with van der Waals surface area (Å²) >= 11 is 0. The summed E-state index contributed by atoms with van der Waals surface area (Å²) in [7, 11) is 0. The van der Waals surface area contributed by atoms with Crippen LogP contribution in [0.2, 0.25) is 0 Å². The quantitative estimate of drug-likeness (QED) is 0.727. The van der Waals surface area contributed by atoms with Crippen LogP contribution in [0.25, 0.3) is 0 Å². The summed E-state index contributed by atoms with van der Waals surface area (Å²) in [5.74, 6) is -0.383. The molecule has 2 aromatic rings. The van der Waals surface area contributed by atoms with Crippen molar-refractivity contribution in [3.63, 3.8) is 0 Å². The molecule has 4 nitrogen and oxygen atoms in total. The van der Waals surface area contributed by atoms with E-state index in [4.69, 9.17) is 11.5 Å². The summed E-state index contributed by atoms with van der Waals surface area (Å²) in [6.45, 7) is 2.09. The SMILES string of the molecule is CCCCc1cc2c(c(N)c1N)C(=O)c1ccccc1C2=O. The van der Waals surface area contributed by atoms with Crippen molar-refractivity contribution in [1.82, 2.24) is 0 Å². The fourth-order valence-electron chi connectivity index (χ4n) is 2.93. The molecule has 0 radical (unpaired) electrons. The van der Waals surface area contributed by atoms with E-state index in [1.165, 1.54) is 0 Å². The van der Waals surface area contributed by atoms with Crippen LogP contribution < -0.4 is 11.5 Å². The van der Waals surface area contributed by atoms with Crippen molar-refractivity contribution in [1.29, 1.82) is 0 Å². The Kier molecular flexibility index (Phi) is 3.45. The maximum absolute atomic E-state index is 12.7. The molecule has 0 amide bonds. The molecule has 3 rings (SSSR count). The number of nitrogens with two attached hydrogens (primary N) is 2. The molecule has 0 saturated carbocycles. The first-order chi connectivity index (χ1) is 10.6. The van der Waals surface area contributed by atoms with Crippen molar-refractivity contribution < 1.29 is 9.59 Å². The Morgan fingerprint density at radius 2 is 1.55 bits per heavy atom. The smallest absolute Gasteiger partial charge is 0.196 e. The van der Waals surface area contributed by atoms with E-state index in [1.807, 2.05) is 0 Å². The minimum absolute atomic E-state index is 0.158. The van der Waals surface area contributed by atoms with Gasteiger partial charge in [-0.15, -0.1) is 0 Å². The second-order valence-electron chi connectivity index (χ2n) is 5.59. The normalized spacial score (nSPS) is 13.0. The third kappa shape index (κ3) is 1.99. The minimum atomic E-state index is -0.226. The van der Waals surface area contributed by atoms with Crippen molar-refractivity contribution >= 4 is 22.9 Å². The molecule has 22 heavy (non-hydrogen) atoms. The van der Waals surface area contributed by atoms with Crippen LogP contribution in [0, 0.1) is 0 Å². The van der Waals surface area contributed by atoms with Gasteiger partial charge in [-0.2, -0.15) is 0 Å². The number of unbranched alkanes of at least 4 members (excludes halogenated alkanes) is 1. The molecule has 0 heterocycles. The van der Waals surface area contributed by atoms with Crippen LogP contribution in [0.1, 0.15) is 57.2 Å². The topological polar surface area (TPSA) is 86.2 Å². The molecule has 2 aromatic carbocycles. The number of benzene rings is 2. The summed E-state index contributed by atoms with van der Waals surface area (Å²) < 4.78 is 0. The van der Waals surface area contributed by atoms with Gasteiger partial charge in [0.1, 0.15) is 0 Å². The summed E-state index contributed by atoms with van der Waals surface area (Å²) in [4.78, 5) is 25.4. The van der Waals surface area contributed by atoms with Gasteiger partial charge in [0.25, 0.3) is 0 Å². The minimum Gasteiger partial charge on any atom is -0.397 e. The molecule has 1 aliphatic carbocycles. The third-order valence-electron chi connectivity index (χ3n) is 4.18. The fourth-order valence-corrected chi connectivity index (χ4v) is 2.93. The average Bonchev–Trinajstić information content (AvgIpc) is 2.54. The highest BCUT2D eigenvalue weighted by molar-refractivity contribution is 6.30. The molecule has 0 spiro atoms. The maximum Gasteiger partial charge on any atom is 0.196 e.